The Bertz CT molecular complexity index is 1140. The number of aromatic nitrogens is 2. The quantitative estimate of drug-likeness (QED) is 0.671. The predicted molar refractivity (Wildman–Crippen MR) is 119 cm³/mol. The summed E-state index contributed by atoms with van der Waals surface area (Å²) in [6.07, 6.45) is 3.36. The molecule has 3 aromatic rings. The van der Waals surface area contributed by atoms with Gasteiger partial charge in [0.15, 0.2) is 5.69 Å². The maximum Gasteiger partial charge on any atom is 0.292 e. The number of fused-ring (bicyclic) bond motifs is 1. The van der Waals surface area contributed by atoms with Crippen molar-refractivity contribution in [2.75, 3.05) is 0 Å². The summed E-state index contributed by atoms with van der Waals surface area (Å²) in [5.74, 6) is 0.307. The molecule has 0 bridgehead atoms. The van der Waals surface area contributed by atoms with Gasteiger partial charge in [0.1, 0.15) is 0 Å². The normalized spacial score (nSPS) is 18.9. The zero-order valence-electron chi connectivity index (χ0n) is 17.3. The number of amides is 1. The van der Waals surface area contributed by atoms with Crippen molar-refractivity contribution in [3.63, 3.8) is 0 Å². The molecule has 1 aliphatic carbocycles. The van der Waals surface area contributed by atoms with Crippen LogP contribution in [-0.2, 0) is 6.54 Å². The molecule has 6 nitrogen and oxygen atoms in total. The molecule has 30 heavy (non-hydrogen) atoms. The fourth-order valence-corrected chi connectivity index (χ4v) is 4.17. The van der Waals surface area contributed by atoms with E-state index in [0.717, 1.165) is 24.1 Å². The number of nitrogens with zero attached hydrogens (tertiary/aromatic N) is 3. The van der Waals surface area contributed by atoms with E-state index in [1.54, 1.807) is 24.3 Å². The molecule has 0 unspecified atom stereocenters. The van der Waals surface area contributed by atoms with E-state index in [0.29, 0.717) is 29.2 Å². The van der Waals surface area contributed by atoms with E-state index in [-0.39, 0.29) is 11.3 Å². The molecule has 1 saturated carbocycles. The number of nitrogens with one attached hydrogen (secondary N) is 1. The fourth-order valence-electron chi connectivity index (χ4n) is 4.17. The molecule has 1 aromatic heterocycles. The second-order valence-electron chi connectivity index (χ2n) is 8.05. The van der Waals surface area contributed by atoms with Gasteiger partial charge in [0.25, 0.3) is 11.5 Å². The Balaban J connectivity index is 1.71. The van der Waals surface area contributed by atoms with E-state index >= 15 is 0 Å². The summed E-state index contributed by atoms with van der Waals surface area (Å²) in [6.45, 7) is 4.59. The van der Waals surface area contributed by atoms with Crippen LogP contribution in [0.1, 0.15) is 49.2 Å². The topological polar surface area (TPSA) is 76.3 Å². The second-order valence-corrected chi connectivity index (χ2v) is 8.05. The maximum atomic E-state index is 13.0. The smallest absolute Gasteiger partial charge is 0.267 e. The Labute approximate surface area is 175 Å². The number of hydrogen-bond acceptors (Lipinski definition) is 4. The third-order valence-corrected chi connectivity index (χ3v) is 5.83. The number of carbonyl (C=O) groups excluding carboxylic acids is 1. The highest BCUT2D eigenvalue weighted by Gasteiger charge is 2.24. The summed E-state index contributed by atoms with van der Waals surface area (Å²) >= 11 is 0. The summed E-state index contributed by atoms with van der Waals surface area (Å²) in [4.78, 5) is 26.0. The van der Waals surface area contributed by atoms with E-state index in [4.69, 9.17) is 0 Å². The minimum Gasteiger partial charge on any atom is -0.267 e. The molecule has 0 radical (unpaired) electrons. The SMILES string of the molecule is C[C@@H]1CCC[C@@H](C)C1=NNC(=O)c1nn(Cc2ccccc2)c(=O)c2ccccc12. The lowest BCUT2D eigenvalue weighted by molar-refractivity contribution is 0.0949. The maximum absolute atomic E-state index is 13.0. The van der Waals surface area contributed by atoms with Gasteiger partial charge in [0.2, 0.25) is 0 Å². The summed E-state index contributed by atoms with van der Waals surface area (Å²) in [5, 5.41) is 9.88. The van der Waals surface area contributed by atoms with Gasteiger partial charge in [-0.05, 0) is 36.3 Å². The van der Waals surface area contributed by atoms with Crippen LogP contribution in [0.2, 0.25) is 0 Å². The highest BCUT2D eigenvalue weighted by atomic mass is 16.2. The molecule has 0 spiro atoms. The van der Waals surface area contributed by atoms with Crippen molar-refractivity contribution in [1.29, 1.82) is 0 Å². The van der Waals surface area contributed by atoms with Gasteiger partial charge in [-0.15, -0.1) is 0 Å². The fraction of sp³-hybridized carbons (Fsp3) is 0.333. The highest BCUT2D eigenvalue weighted by Crippen LogP contribution is 2.26. The standard InChI is InChI=1S/C24H26N4O2/c1-16-9-8-10-17(2)21(16)25-26-23(29)22-19-13-6-7-14-20(19)24(30)28(27-22)15-18-11-4-3-5-12-18/h3-7,11-14,16-17H,8-10,15H2,1-2H3,(H,26,29)/t16-,17-/m1/s1. The number of hydrogen-bond donors (Lipinski definition) is 1. The zero-order chi connectivity index (χ0) is 21.1. The van der Waals surface area contributed by atoms with Crippen LogP contribution in [0.25, 0.3) is 10.8 Å². The van der Waals surface area contributed by atoms with Crippen LogP contribution in [-0.4, -0.2) is 21.4 Å². The summed E-state index contributed by atoms with van der Waals surface area (Å²) in [7, 11) is 0. The van der Waals surface area contributed by atoms with Crippen molar-refractivity contribution in [3.8, 4) is 0 Å². The van der Waals surface area contributed by atoms with Gasteiger partial charge in [-0.1, -0.05) is 68.8 Å². The summed E-state index contributed by atoms with van der Waals surface area (Å²) < 4.78 is 1.35. The number of benzene rings is 2. The van der Waals surface area contributed by atoms with Gasteiger partial charge in [-0.25, -0.2) is 10.1 Å². The van der Waals surface area contributed by atoms with E-state index in [9.17, 15) is 9.59 Å². The van der Waals surface area contributed by atoms with E-state index in [2.05, 4.69) is 29.5 Å². The molecule has 1 fully saturated rings. The van der Waals surface area contributed by atoms with Crippen LogP contribution in [0.15, 0.2) is 64.5 Å². The Morgan fingerprint density at radius 3 is 2.37 bits per heavy atom. The molecule has 154 valence electrons. The van der Waals surface area contributed by atoms with Crippen LogP contribution in [0.5, 0.6) is 0 Å². The predicted octanol–water partition coefficient (Wildman–Crippen LogP) is 3.99. The minimum atomic E-state index is -0.398. The van der Waals surface area contributed by atoms with Crippen molar-refractivity contribution < 1.29 is 4.79 Å². The lowest BCUT2D eigenvalue weighted by atomic mass is 9.81. The first kappa shape index (κ1) is 20.0. The first-order valence-electron chi connectivity index (χ1n) is 10.5. The first-order valence-corrected chi connectivity index (χ1v) is 10.5. The van der Waals surface area contributed by atoms with E-state index in [1.807, 2.05) is 30.3 Å². The lowest BCUT2D eigenvalue weighted by Gasteiger charge is -2.26. The van der Waals surface area contributed by atoms with Gasteiger partial charge in [0.05, 0.1) is 11.9 Å². The lowest BCUT2D eigenvalue weighted by Crippen LogP contribution is -2.32. The van der Waals surface area contributed by atoms with Crippen LogP contribution in [0.4, 0.5) is 0 Å². The molecule has 1 aliphatic rings. The van der Waals surface area contributed by atoms with Gasteiger partial charge >= 0.3 is 0 Å². The summed E-state index contributed by atoms with van der Waals surface area (Å²) in [6, 6.07) is 16.7. The monoisotopic (exact) mass is 402 g/mol. The van der Waals surface area contributed by atoms with Crippen molar-refractivity contribution >= 4 is 22.4 Å². The van der Waals surface area contributed by atoms with E-state index < -0.39 is 5.91 Å². The molecule has 2 aromatic carbocycles. The van der Waals surface area contributed by atoms with Crippen molar-refractivity contribution in [3.05, 3.63) is 76.2 Å². The Kier molecular flexibility index (Phi) is 5.74. The average molecular weight is 402 g/mol. The van der Waals surface area contributed by atoms with Crippen LogP contribution in [0, 0.1) is 11.8 Å². The number of hydrazone groups is 1. The molecule has 6 heteroatoms. The molecule has 4 rings (SSSR count). The average Bonchev–Trinajstić information content (AvgIpc) is 2.76. The molecule has 2 atom stereocenters. The molecule has 1 amide bonds. The van der Waals surface area contributed by atoms with Crippen molar-refractivity contribution in [2.24, 2.45) is 16.9 Å². The second kappa shape index (κ2) is 8.61. The minimum absolute atomic E-state index is 0.210. The highest BCUT2D eigenvalue weighted by molar-refractivity contribution is 6.05. The number of rotatable bonds is 4. The van der Waals surface area contributed by atoms with Crippen LogP contribution >= 0.6 is 0 Å². The van der Waals surface area contributed by atoms with Crippen LogP contribution in [0.3, 0.4) is 0 Å². The van der Waals surface area contributed by atoms with Crippen molar-refractivity contribution in [1.82, 2.24) is 15.2 Å². The molecule has 1 N–H and O–H groups in total. The number of carbonyl (C=O) groups is 1. The third-order valence-electron chi connectivity index (χ3n) is 5.83. The zero-order valence-corrected chi connectivity index (χ0v) is 17.3. The largest absolute Gasteiger partial charge is 0.292 e. The molecule has 1 heterocycles. The van der Waals surface area contributed by atoms with Gasteiger partial charge in [-0.3, -0.25) is 9.59 Å². The first-order chi connectivity index (χ1) is 14.5. The molecule has 0 saturated heterocycles. The van der Waals surface area contributed by atoms with E-state index in [1.165, 1.54) is 11.1 Å². The van der Waals surface area contributed by atoms with Gasteiger partial charge in [-0.2, -0.15) is 10.2 Å². The van der Waals surface area contributed by atoms with Gasteiger partial charge in [0, 0.05) is 11.1 Å². The molecular formula is C24H26N4O2. The molecule has 0 aliphatic heterocycles. The molecular weight excluding hydrogens is 376 g/mol. The van der Waals surface area contributed by atoms with Gasteiger partial charge < -0.3 is 0 Å². The summed E-state index contributed by atoms with van der Waals surface area (Å²) in [5.41, 5.74) is 4.67. The Hall–Kier alpha value is -3.28. The van der Waals surface area contributed by atoms with Crippen LogP contribution < -0.4 is 11.0 Å². The van der Waals surface area contributed by atoms with Crippen molar-refractivity contribution in [2.45, 2.75) is 39.7 Å². The Morgan fingerprint density at radius 2 is 1.67 bits per heavy atom. The Morgan fingerprint density at radius 1 is 1.03 bits per heavy atom. The third kappa shape index (κ3) is 4.03.